The van der Waals surface area contributed by atoms with E-state index in [0.29, 0.717) is 29.2 Å². The molecular formula is C21H18N2O3. The number of benzene rings is 2. The third-order valence-electron chi connectivity index (χ3n) is 4.01. The van der Waals surface area contributed by atoms with Gasteiger partial charge in [-0.25, -0.2) is 0 Å². The first-order valence-corrected chi connectivity index (χ1v) is 8.22. The zero-order chi connectivity index (χ0) is 18.5. The molecule has 1 heterocycles. The van der Waals surface area contributed by atoms with Gasteiger partial charge in [0, 0.05) is 28.2 Å². The zero-order valence-corrected chi connectivity index (χ0v) is 14.6. The second-order valence-corrected chi connectivity index (χ2v) is 5.56. The summed E-state index contributed by atoms with van der Waals surface area (Å²) in [5, 5.41) is 10.3. The maximum Gasteiger partial charge on any atom is 0.205 e. The molecule has 3 aromatic rings. The number of ether oxygens (including phenoxy) is 2. The van der Waals surface area contributed by atoms with Gasteiger partial charge in [0.05, 0.1) is 13.7 Å². The van der Waals surface area contributed by atoms with Crippen molar-refractivity contribution in [3.8, 4) is 17.6 Å². The monoisotopic (exact) mass is 346 g/mol. The molecule has 0 amide bonds. The van der Waals surface area contributed by atoms with E-state index in [4.69, 9.17) is 9.47 Å². The van der Waals surface area contributed by atoms with Gasteiger partial charge in [-0.05, 0) is 25.1 Å². The predicted molar refractivity (Wildman–Crippen MR) is 100 cm³/mol. The van der Waals surface area contributed by atoms with Gasteiger partial charge in [-0.2, -0.15) is 5.26 Å². The molecule has 0 saturated heterocycles. The molecule has 1 aromatic heterocycles. The van der Waals surface area contributed by atoms with E-state index in [1.807, 2.05) is 37.3 Å². The number of hydrogen-bond acceptors (Lipinski definition) is 4. The highest BCUT2D eigenvalue weighted by atomic mass is 16.5. The number of nitrogens with one attached hydrogen (secondary N) is 1. The number of aromatic amines is 1. The number of hydrogen-bond donors (Lipinski definition) is 1. The van der Waals surface area contributed by atoms with Crippen molar-refractivity contribution in [1.29, 1.82) is 5.26 Å². The molecule has 0 unspecified atom stereocenters. The van der Waals surface area contributed by atoms with Crippen LogP contribution in [0.25, 0.3) is 17.0 Å². The summed E-state index contributed by atoms with van der Waals surface area (Å²) in [4.78, 5) is 15.9. The SMILES string of the molecule is CCOc1cccc(/C=C(\C#N)C(=O)c2c[nH]c3ccccc23)c1OC. The van der Waals surface area contributed by atoms with E-state index in [9.17, 15) is 10.1 Å². The molecule has 2 aromatic carbocycles. The fourth-order valence-corrected chi connectivity index (χ4v) is 2.84. The Hall–Kier alpha value is -3.52. The standard InChI is InChI=1S/C21H18N2O3/c1-3-26-19-10-6-7-14(21(19)25-2)11-15(12-22)20(24)17-13-23-18-9-5-4-8-16(17)18/h4-11,13,23H,3H2,1-2H3/b15-11+. The molecule has 0 aliphatic heterocycles. The van der Waals surface area contributed by atoms with Crippen LogP contribution in [-0.2, 0) is 0 Å². The number of Topliss-reactive ketones (excluding diaryl/α,β-unsaturated/α-hetero) is 1. The summed E-state index contributed by atoms with van der Waals surface area (Å²) in [5.41, 5.74) is 1.96. The van der Waals surface area contributed by atoms with Gasteiger partial charge in [0.2, 0.25) is 5.78 Å². The highest BCUT2D eigenvalue weighted by Gasteiger charge is 2.18. The number of fused-ring (bicyclic) bond motifs is 1. The first kappa shape index (κ1) is 17.3. The van der Waals surface area contributed by atoms with Gasteiger partial charge >= 0.3 is 0 Å². The number of carbonyl (C=O) groups excluding carboxylic acids is 1. The third-order valence-corrected chi connectivity index (χ3v) is 4.01. The number of H-pyrrole nitrogens is 1. The summed E-state index contributed by atoms with van der Waals surface area (Å²) in [6.45, 7) is 2.37. The molecule has 26 heavy (non-hydrogen) atoms. The smallest absolute Gasteiger partial charge is 0.205 e. The van der Waals surface area contributed by atoms with Gasteiger partial charge < -0.3 is 14.5 Å². The number of methoxy groups -OCH3 is 1. The second kappa shape index (κ2) is 7.58. The molecule has 130 valence electrons. The zero-order valence-electron chi connectivity index (χ0n) is 14.6. The fraction of sp³-hybridized carbons (Fsp3) is 0.143. The minimum atomic E-state index is -0.339. The van der Waals surface area contributed by atoms with Crippen molar-refractivity contribution in [2.45, 2.75) is 6.92 Å². The van der Waals surface area contributed by atoms with E-state index in [1.54, 1.807) is 24.4 Å². The third kappa shape index (κ3) is 3.17. The number of allylic oxidation sites excluding steroid dienone is 1. The average Bonchev–Trinajstić information content (AvgIpc) is 3.10. The Morgan fingerprint density at radius 1 is 1.23 bits per heavy atom. The number of para-hydroxylation sites is 2. The van der Waals surface area contributed by atoms with Gasteiger partial charge in [-0.15, -0.1) is 0 Å². The summed E-state index contributed by atoms with van der Waals surface area (Å²) < 4.78 is 11.0. The Morgan fingerprint density at radius 2 is 2.04 bits per heavy atom. The molecular weight excluding hydrogens is 328 g/mol. The van der Waals surface area contributed by atoms with Crippen molar-refractivity contribution in [2.24, 2.45) is 0 Å². The molecule has 0 atom stereocenters. The number of nitrogens with zero attached hydrogens (tertiary/aromatic N) is 1. The largest absolute Gasteiger partial charge is 0.492 e. The topological polar surface area (TPSA) is 75.1 Å². The normalized spacial score (nSPS) is 11.2. The molecule has 0 bridgehead atoms. The van der Waals surface area contributed by atoms with Crippen LogP contribution in [0.15, 0.2) is 54.2 Å². The summed E-state index contributed by atoms with van der Waals surface area (Å²) in [7, 11) is 1.53. The Morgan fingerprint density at radius 3 is 2.77 bits per heavy atom. The Labute approximate surface area is 151 Å². The molecule has 5 nitrogen and oxygen atoms in total. The highest BCUT2D eigenvalue weighted by molar-refractivity contribution is 6.19. The van der Waals surface area contributed by atoms with E-state index in [0.717, 1.165) is 10.9 Å². The minimum Gasteiger partial charge on any atom is -0.492 e. The number of aromatic nitrogens is 1. The van der Waals surface area contributed by atoms with Crippen LogP contribution >= 0.6 is 0 Å². The Balaban J connectivity index is 2.05. The minimum absolute atomic E-state index is 0.0294. The molecule has 0 saturated carbocycles. The predicted octanol–water partition coefficient (Wildman–Crippen LogP) is 4.37. The number of carbonyl (C=O) groups is 1. The van der Waals surface area contributed by atoms with E-state index >= 15 is 0 Å². The number of rotatable bonds is 6. The molecule has 5 heteroatoms. The molecule has 0 fully saturated rings. The van der Waals surface area contributed by atoms with Gasteiger partial charge in [0.25, 0.3) is 0 Å². The van der Waals surface area contributed by atoms with Crippen LogP contribution in [0, 0.1) is 11.3 Å². The average molecular weight is 346 g/mol. The van der Waals surface area contributed by atoms with Crippen LogP contribution in [0.4, 0.5) is 0 Å². The first-order chi connectivity index (χ1) is 12.7. The van der Waals surface area contributed by atoms with Gasteiger partial charge in [-0.1, -0.05) is 30.3 Å². The van der Waals surface area contributed by atoms with Crippen molar-refractivity contribution in [1.82, 2.24) is 4.98 Å². The molecule has 1 N–H and O–H groups in total. The summed E-state index contributed by atoms with van der Waals surface area (Å²) >= 11 is 0. The van der Waals surface area contributed by atoms with Crippen molar-refractivity contribution < 1.29 is 14.3 Å². The molecule has 0 radical (unpaired) electrons. The lowest BCUT2D eigenvalue weighted by Gasteiger charge is -2.11. The van der Waals surface area contributed by atoms with Crippen LogP contribution in [0.1, 0.15) is 22.8 Å². The second-order valence-electron chi connectivity index (χ2n) is 5.56. The number of ketones is 1. The van der Waals surface area contributed by atoms with Crippen molar-refractivity contribution in [3.05, 3.63) is 65.4 Å². The maximum atomic E-state index is 12.9. The van der Waals surface area contributed by atoms with Crippen LogP contribution < -0.4 is 9.47 Å². The molecule has 3 rings (SSSR count). The lowest BCUT2D eigenvalue weighted by molar-refractivity contribution is 0.104. The quantitative estimate of drug-likeness (QED) is 0.409. The molecule has 0 aliphatic rings. The van der Waals surface area contributed by atoms with Crippen molar-refractivity contribution in [3.63, 3.8) is 0 Å². The van der Waals surface area contributed by atoms with Crippen LogP contribution in [0.5, 0.6) is 11.5 Å². The molecule has 0 spiro atoms. The number of nitriles is 1. The lowest BCUT2D eigenvalue weighted by atomic mass is 10.0. The van der Waals surface area contributed by atoms with Crippen LogP contribution in [0.3, 0.4) is 0 Å². The van der Waals surface area contributed by atoms with Crippen LogP contribution in [0.2, 0.25) is 0 Å². The summed E-state index contributed by atoms with van der Waals surface area (Å²) in [5.74, 6) is 0.725. The molecule has 0 aliphatic carbocycles. The highest BCUT2D eigenvalue weighted by Crippen LogP contribution is 2.33. The summed E-state index contributed by atoms with van der Waals surface area (Å²) in [6.07, 6.45) is 3.16. The summed E-state index contributed by atoms with van der Waals surface area (Å²) in [6, 6.07) is 14.8. The van der Waals surface area contributed by atoms with Crippen molar-refractivity contribution >= 4 is 22.8 Å². The van der Waals surface area contributed by atoms with E-state index in [1.165, 1.54) is 13.2 Å². The van der Waals surface area contributed by atoms with Gasteiger partial charge in [0.15, 0.2) is 11.5 Å². The maximum absolute atomic E-state index is 12.9. The van der Waals surface area contributed by atoms with Crippen LogP contribution in [-0.4, -0.2) is 24.5 Å². The fourth-order valence-electron chi connectivity index (χ4n) is 2.84. The van der Waals surface area contributed by atoms with Crippen molar-refractivity contribution in [2.75, 3.05) is 13.7 Å². The van der Waals surface area contributed by atoms with E-state index in [2.05, 4.69) is 4.98 Å². The Kier molecular flexibility index (Phi) is 5.04. The Bertz CT molecular complexity index is 1030. The van der Waals surface area contributed by atoms with Gasteiger partial charge in [0.1, 0.15) is 11.6 Å². The lowest BCUT2D eigenvalue weighted by Crippen LogP contribution is -2.02. The first-order valence-electron chi connectivity index (χ1n) is 8.22. The van der Waals surface area contributed by atoms with E-state index < -0.39 is 0 Å². The van der Waals surface area contributed by atoms with Gasteiger partial charge in [-0.3, -0.25) is 4.79 Å². The van der Waals surface area contributed by atoms with E-state index in [-0.39, 0.29) is 11.4 Å².